The third-order valence-corrected chi connectivity index (χ3v) is 4.47. The Hall–Kier alpha value is -1.95. The Labute approximate surface area is 144 Å². The predicted molar refractivity (Wildman–Crippen MR) is 96.0 cm³/mol. The van der Waals surface area contributed by atoms with E-state index in [9.17, 15) is 4.79 Å². The summed E-state index contributed by atoms with van der Waals surface area (Å²) in [6.07, 6.45) is 2.36. The fourth-order valence-corrected chi connectivity index (χ4v) is 3.06. The van der Waals surface area contributed by atoms with E-state index in [4.69, 9.17) is 9.47 Å². The number of amides is 2. The van der Waals surface area contributed by atoms with Crippen LogP contribution in [0.25, 0.3) is 0 Å². The highest BCUT2D eigenvalue weighted by Crippen LogP contribution is 2.29. The molecule has 134 valence electrons. The van der Waals surface area contributed by atoms with Gasteiger partial charge in [0, 0.05) is 30.9 Å². The van der Waals surface area contributed by atoms with E-state index >= 15 is 0 Å². The van der Waals surface area contributed by atoms with Crippen LogP contribution in [-0.4, -0.2) is 50.8 Å². The molecule has 1 aromatic rings. The van der Waals surface area contributed by atoms with Crippen LogP contribution in [0, 0.1) is 5.92 Å². The molecule has 6 nitrogen and oxygen atoms in total. The highest BCUT2D eigenvalue weighted by atomic mass is 16.5. The summed E-state index contributed by atoms with van der Waals surface area (Å²) in [5.41, 5.74) is 0.678. The molecule has 1 unspecified atom stereocenters. The Morgan fingerprint density at radius 1 is 1.29 bits per heavy atom. The van der Waals surface area contributed by atoms with Gasteiger partial charge in [-0.05, 0) is 51.3 Å². The lowest BCUT2D eigenvalue weighted by Crippen LogP contribution is -2.44. The number of methoxy groups -OCH3 is 2. The largest absolute Gasteiger partial charge is 0.493 e. The van der Waals surface area contributed by atoms with Crippen LogP contribution >= 0.6 is 0 Å². The highest BCUT2D eigenvalue weighted by Gasteiger charge is 2.21. The Morgan fingerprint density at radius 2 is 2.04 bits per heavy atom. The smallest absolute Gasteiger partial charge is 0.319 e. The van der Waals surface area contributed by atoms with Crippen molar-refractivity contribution in [2.45, 2.75) is 32.7 Å². The number of urea groups is 1. The Bertz CT molecular complexity index is 548. The molecule has 0 aromatic heterocycles. The average Bonchev–Trinajstić information content (AvgIpc) is 2.60. The van der Waals surface area contributed by atoms with Gasteiger partial charge in [-0.3, -0.25) is 0 Å². The number of benzene rings is 1. The van der Waals surface area contributed by atoms with E-state index in [1.54, 1.807) is 32.4 Å². The van der Waals surface area contributed by atoms with Gasteiger partial charge in [-0.2, -0.15) is 0 Å². The zero-order valence-electron chi connectivity index (χ0n) is 15.1. The van der Waals surface area contributed by atoms with Crippen LogP contribution in [0.2, 0.25) is 0 Å². The number of nitrogens with zero attached hydrogens (tertiary/aromatic N) is 1. The zero-order chi connectivity index (χ0) is 17.5. The molecule has 1 aromatic carbocycles. The molecule has 0 spiro atoms. The first-order valence-corrected chi connectivity index (χ1v) is 8.54. The quantitative estimate of drug-likeness (QED) is 0.839. The third kappa shape index (κ3) is 5.03. The molecule has 1 saturated heterocycles. The molecule has 2 amide bonds. The average molecular weight is 335 g/mol. The number of piperidine rings is 1. The number of nitrogens with one attached hydrogen (secondary N) is 2. The van der Waals surface area contributed by atoms with Crippen LogP contribution in [0.15, 0.2) is 18.2 Å². The highest BCUT2D eigenvalue weighted by molar-refractivity contribution is 5.89. The molecular weight excluding hydrogens is 306 g/mol. The molecule has 2 N–H and O–H groups in total. The van der Waals surface area contributed by atoms with Crippen molar-refractivity contribution < 1.29 is 14.3 Å². The van der Waals surface area contributed by atoms with Gasteiger partial charge in [0.25, 0.3) is 0 Å². The topological polar surface area (TPSA) is 62.8 Å². The third-order valence-electron chi connectivity index (χ3n) is 4.47. The maximum Gasteiger partial charge on any atom is 0.319 e. The van der Waals surface area contributed by atoms with Gasteiger partial charge in [0.1, 0.15) is 0 Å². The van der Waals surface area contributed by atoms with Crippen LogP contribution in [0.4, 0.5) is 10.5 Å². The summed E-state index contributed by atoms with van der Waals surface area (Å²) in [6, 6.07) is 5.69. The number of likely N-dealkylation sites (tertiary alicyclic amines) is 1. The van der Waals surface area contributed by atoms with Gasteiger partial charge >= 0.3 is 6.03 Å². The lowest BCUT2D eigenvalue weighted by atomic mass is 9.97. The second-order valence-electron chi connectivity index (χ2n) is 6.50. The number of rotatable bonds is 6. The first-order valence-electron chi connectivity index (χ1n) is 8.54. The fourth-order valence-electron chi connectivity index (χ4n) is 3.06. The Morgan fingerprint density at radius 3 is 2.71 bits per heavy atom. The summed E-state index contributed by atoms with van der Waals surface area (Å²) >= 11 is 0. The summed E-state index contributed by atoms with van der Waals surface area (Å²) in [4.78, 5) is 14.6. The molecule has 1 aliphatic heterocycles. The lowest BCUT2D eigenvalue weighted by Gasteiger charge is -2.35. The van der Waals surface area contributed by atoms with Crippen LogP contribution < -0.4 is 20.1 Å². The number of hydrogen-bond donors (Lipinski definition) is 2. The predicted octanol–water partition coefficient (Wildman–Crippen LogP) is 2.95. The Kier molecular flexibility index (Phi) is 6.73. The maximum absolute atomic E-state index is 12.1. The van der Waals surface area contributed by atoms with Gasteiger partial charge in [0.2, 0.25) is 0 Å². The van der Waals surface area contributed by atoms with Gasteiger partial charge in [-0.15, -0.1) is 0 Å². The molecule has 0 bridgehead atoms. The minimum absolute atomic E-state index is 0.191. The van der Waals surface area contributed by atoms with Crippen LogP contribution in [0.1, 0.15) is 26.7 Å². The first kappa shape index (κ1) is 18.4. The van der Waals surface area contributed by atoms with Crippen molar-refractivity contribution in [3.05, 3.63) is 18.2 Å². The second-order valence-corrected chi connectivity index (χ2v) is 6.50. The number of carbonyl (C=O) groups is 1. The number of hydrogen-bond acceptors (Lipinski definition) is 4. The van der Waals surface area contributed by atoms with Crippen molar-refractivity contribution in [2.24, 2.45) is 5.92 Å². The van der Waals surface area contributed by atoms with Gasteiger partial charge < -0.3 is 25.0 Å². The maximum atomic E-state index is 12.1. The van der Waals surface area contributed by atoms with Crippen molar-refractivity contribution in [1.82, 2.24) is 10.2 Å². The van der Waals surface area contributed by atoms with Crippen LogP contribution in [0.5, 0.6) is 11.5 Å². The number of ether oxygens (including phenoxy) is 2. The van der Waals surface area contributed by atoms with E-state index in [2.05, 4.69) is 29.4 Å². The van der Waals surface area contributed by atoms with Crippen molar-refractivity contribution >= 4 is 11.7 Å². The van der Waals surface area contributed by atoms with E-state index in [1.807, 2.05) is 0 Å². The summed E-state index contributed by atoms with van der Waals surface area (Å²) < 4.78 is 10.4. The molecule has 1 heterocycles. The molecule has 1 fully saturated rings. The fraction of sp³-hybridized carbons (Fsp3) is 0.611. The minimum atomic E-state index is -0.191. The molecule has 2 rings (SSSR count). The lowest BCUT2D eigenvalue weighted by molar-refractivity contribution is 0.139. The SMILES string of the molecule is COc1ccc(NC(=O)NCC2CCCN(C(C)C)C2)cc1OC. The van der Waals surface area contributed by atoms with Crippen LogP contribution in [0.3, 0.4) is 0 Å². The summed E-state index contributed by atoms with van der Waals surface area (Å²) in [5.74, 6) is 1.74. The number of carbonyl (C=O) groups excluding carboxylic acids is 1. The Balaban J connectivity index is 1.83. The summed E-state index contributed by atoms with van der Waals surface area (Å²) in [7, 11) is 3.16. The summed E-state index contributed by atoms with van der Waals surface area (Å²) in [6.45, 7) is 7.35. The van der Waals surface area contributed by atoms with E-state index in [1.165, 1.54) is 12.8 Å². The van der Waals surface area contributed by atoms with Crippen molar-refractivity contribution in [2.75, 3.05) is 39.2 Å². The molecule has 0 saturated carbocycles. The van der Waals surface area contributed by atoms with E-state index < -0.39 is 0 Å². The molecule has 24 heavy (non-hydrogen) atoms. The molecular formula is C18H29N3O3. The molecule has 6 heteroatoms. The standard InChI is InChI=1S/C18H29N3O3/c1-13(2)21-9-5-6-14(12-21)11-19-18(22)20-15-7-8-16(23-3)17(10-15)24-4/h7-8,10,13-14H,5-6,9,11-12H2,1-4H3,(H2,19,20,22). The van der Waals surface area contributed by atoms with Crippen molar-refractivity contribution in [1.29, 1.82) is 0 Å². The normalized spacial score (nSPS) is 18.3. The van der Waals surface area contributed by atoms with E-state index in [0.717, 1.165) is 13.1 Å². The molecule has 1 atom stereocenters. The van der Waals surface area contributed by atoms with Crippen molar-refractivity contribution in [3.63, 3.8) is 0 Å². The zero-order valence-corrected chi connectivity index (χ0v) is 15.1. The first-order chi connectivity index (χ1) is 11.5. The molecule has 1 aliphatic rings. The van der Waals surface area contributed by atoms with Gasteiger partial charge in [-0.25, -0.2) is 4.79 Å². The number of anilines is 1. The van der Waals surface area contributed by atoms with E-state index in [0.29, 0.717) is 35.7 Å². The van der Waals surface area contributed by atoms with Gasteiger partial charge in [-0.1, -0.05) is 0 Å². The second kappa shape index (κ2) is 8.78. The monoisotopic (exact) mass is 335 g/mol. The minimum Gasteiger partial charge on any atom is -0.493 e. The van der Waals surface area contributed by atoms with Gasteiger partial charge in [0.05, 0.1) is 14.2 Å². The van der Waals surface area contributed by atoms with Crippen LogP contribution in [-0.2, 0) is 0 Å². The van der Waals surface area contributed by atoms with Gasteiger partial charge in [0.15, 0.2) is 11.5 Å². The summed E-state index contributed by atoms with van der Waals surface area (Å²) in [5, 5.41) is 5.82. The van der Waals surface area contributed by atoms with Crippen molar-refractivity contribution in [3.8, 4) is 11.5 Å². The van der Waals surface area contributed by atoms with E-state index in [-0.39, 0.29) is 6.03 Å². The molecule has 0 radical (unpaired) electrons. The molecule has 0 aliphatic carbocycles.